The molecule has 0 fully saturated rings. The van der Waals surface area contributed by atoms with Crippen molar-refractivity contribution in [2.45, 2.75) is 72.6 Å². The van der Waals surface area contributed by atoms with E-state index in [0.717, 1.165) is 58.2 Å². The number of unbranched alkanes of at least 4 members (excludes halogenated alkanes) is 3. The number of aliphatic hydroxyl groups is 2. The molecular formula is C19H41NO4. The van der Waals surface area contributed by atoms with Crippen molar-refractivity contribution in [3.05, 3.63) is 0 Å². The van der Waals surface area contributed by atoms with Crippen LogP contribution in [0, 0.1) is 5.92 Å². The number of aliphatic hydroxyl groups excluding tert-OH is 2. The average Bonchev–Trinajstić information content (AvgIpc) is 2.58. The summed E-state index contributed by atoms with van der Waals surface area (Å²) in [7, 11) is 0. The molecule has 5 heteroatoms. The van der Waals surface area contributed by atoms with Crippen LogP contribution < -0.4 is 0 Å². The highest BCUT2D eigenvalue weighted by Gasteiger charge is 2.10. The topological polar surface area (TPSA) is 70.0 Å². The SMILES string of the molecule is CC.CC(C)CCN(CCCCO)CCC(=O)OCCCCCO. The lowest BCUT2D eigenvalue weighted by Crippen LogP contribution is -2.30. The van der Waals surface area contributed by atoms with Crippen molar-refractivity contribution in [3.63, 3.8) is 0 Å². The van der Waals surface area contributed by atoms with Crippen LogP contribution in [0.1, 0.15) is 72.6 Å². The number of nitrogens with zero attached hydrogens (tertiary/aromatic N) is 1. The first-order valence-corrected chi connectivity index (χ1v) is 9.69. The number of ether oxygens (including phenoxy) is 1. The van der Waals surface area contributed by atoms with E-state index >= 15 is 0 Å². The fourth-order valence-corrected chi connectivity index (χ4v) is 2.12. The number of carbonyl (C=O) groups excluding carboxylic acids is 1. The van der Waals surface area contributed by atoms with Crippen molar-refractivity contribution in [2.24, 2.45) is 5.92 Å². The largest absolute Gasteiger partial charge is 0.466 e. The third kappa shape index (κ3) is 19.4. The third-order valence-electron chi connectivity index (χ3n) is 3.60. The van der Waals surface area contributed by atoms with Crippen LogP contribution in [0.4, 0.5) is 0 Å². The molecule has 0 radical (unpaired) electrons. The lowest BCUT2D eigenvalue weighted by atomic mass is 10.1. The van der Waals surface area contributed by atoms with Gasteiger partial charge >= 0.3 is 5.97 Å². The Balaban J connectivity index is 0. The van der Waals surface area contributed by atoms with Gasteiger partial charge in [0.2, 0.25) is 0 Å². The molecule has 0 aromatic heterocycles. The van der Waals surface area contributed by atoms with Gasteiger partial charge < -0.3 is 19.8 Å². The molecule has 0 bridgehead atoms. The van der Waals surface area contributed by atoms with Gasteiger partial charge in [0.25, 0.3) is 0 Å². The van der Waals surface area contributed by atoms with Crippen molar-refractivity contribution in [2.75, 3.05) is 39.5 Å². The fraction of sp³-hybridized carbons (Fsp3) is 0.947. The molecule has 0 saturated carbocycles. The van der Waals surface area contributed by atoms with Gasteiger partial charge in [0, 0.05) is 19.8 Å². The van der Waals surface area contributed by atoms with E-state index in [1.807, 2.05) is 13.8 Å². The number of hydrogen-bond acceptors (Lipinski definition) is 5. The van der Waals surface area contributed by atoms with E-state index in [1.54, 1.807) is 0 Å². The second kappa shape index (κ2) is 20.4. The molecular weight excluding hydrogens is 306 g/mol. The fourth-order valence-electron chi connectivity index (χ4n) is 2.12. The molecule has 2 N–H and O–H groups in total. The number of esters is 1. The Morgan fingerprint density at radius 2 is 1.54 bits per heavy atom. The summed E-state index contributed by atoms with van der Waals surface area (Å²) < 4.78 is 5.20. The summed E-state index contributed by atoms with van der Waals surface area (Å²) in [4.78, 5) is 14.0. The zero-order chi connectivity index (χ0) is 18.6. The van der Waals surface area contributed by atoms with E-state index in [2.05, 4.69) is 18.7 Å². The minimum atomic E-state index is -0.138. The highest BCUT2D eigenvalue weighted by atomic mass is 16.5. The first-order chi connectivity index (χ1) is 11.6. The van der Waals surface area contributed by atoms with Gasteiger partial charge in [-0.15, -0.1) is 0 Å². The number of carbonyl (C=O) groups is 1. The van der Waals surface area contributed by atoms with Crippen molar-refractivity contribution in [3.8, 4) is 0 Å². The van der Waals surface area contributed by atoms with Crippen molar-refractivity contribution in [1.29, 1.82) is 0 Å². The van der Waals surface area contributed by atoms with Crippen molar-refractivity contribution in [1.82, 2.24) is 4.90 Å². The average molecular weight is 348 g/mol. The Hall–Kier alpha value is -0.650. The van der Waals surface area contributed by atoms with Crippen LogP contribution in [0.15, 0.2) is 0 Å². The number of rotatable bonds is 15. The molecule has 0 aromatic rings. The third-order valence-corrected chi connectivity index (χ3v) is 3.60. The molecule has 0 amide bonds. The molecule has 0 heterocycles. The molecule has 0 atom stereocenters. The number of hydrogen-bond donors (Lipinski definition) is 2. The predicted molar refractivity (Wildman–Crippen MR) is 100 cm³/mol. The van der Waals surface area contributed by atoms with Crippen LogP contribution >= 0.6 is 0 Å². The van der Waals surface area contributed by atoms with Crippen LogP contribution in [0.2, 0.25) is 0 Å². The van der Waals surface area contributed by atoms with Crippen molar-refractivity contribution >= 4 is 5.97 Å². The summed E-state index contributed by atoms with van der Waals surface area (Å²) in [5.74, 6) is 0.513. The van der Waals surface area contributed by atoms with Crippen LogP contribution in [0.3, 0.4) is 0 Å². The summed E-state index contributed by atoms with van der Waals surface area (Å²) in [6, 6.07) is 0. The van der Waals surface area contributed by atoms with E-state index in [-0.39, 0.29) is 19.2 Å². The predicted octanol–water partition coefficient (Wildman–Crippen LogP) is 3.23. The maximum absolute atomic E-state index is 11.7. The minimum Gasteiger partial charge on any atom is -0.466 e. The smallest absolute Gasteiger partial charge is 0.307 e. The van der Waals surface area contributed by atoms with E-state index in [9.17, 15) is 4.79 Å². The van der Waals surface area contributed by atoms with E-state index in [4.69, 9.17) is 14.9 Å². The Bertz CT molecular complexity index is 260. The van der Waals surface area contributed by atoms with Gasteiger partial charge in [-0.05, 0) is 57.5 Å². The summed E-state index contributed by atoms with van der Waals surface area (Å²) in [5.41, 5.74) is 0. The van der Waals surface area contributed by atoms with Gasteiger partial charge in [-0.1, -0.05) is 27.7 Å². The van der Waals surface area contributed by atoms with Crippen LogP contribution in [0.5, 0.6) is 0 Å². The zero-order valence-corrected chi connectivity index (χ0v) is 16.4. The molecule has 146 valence electrons. The molecule has 0 aliphatic heterocycles. The summed E-state index contributed by atoms with van der Waals surface area (Å²) in [6.45, 7) is 11.9. The van der Waals surface area contributed by atoms with Gasteiger partial charge in [-0.25, -0.2) is 0 Å². The second-order valence-electron chi connectivity index (χ2n) is 6.21. The quantitative estimate of drug-likeness (QED) is 0.351. The molecule has 0 aromatic carbocycles. The van der Waals surface area contributed by atoms with Gasteiger partial charge in [0.05, 0.1) is 13.0 Å². The molecule has 0 saturated heterocycles. The van der Waals surface area contributed by atoms with E-state index < -0.39 is 0 Å². The Morgan fingerprint density at radius 1 is 0.917 bits per heavy atom. The zero-order valence-electron chi connectivity index (χ0n) is 16.4. The van der Waals surface area contributed by atoms with Gasteiger partial charge in [-0.2, -0.15) is 0 Å². The Morgan fingerprint density at radius 3 is 2.12 bits per heavy atom. The van der Waals surface area contributed by atoms with Gasteiger partial charge in [0.15, 0.2) is 0 Å². The molecule has 0 spiro atoms. The van der Waals surface area contributed by atoms with Crippen LogP contribution in [-0.4, -0.2) is 60.5 Å². The van der Waals surface area contributed by atoms with Crippen LogP contribution in [0.25, 0.3) is 0 Å². The van der Waals surface area contributed by atoms with Gasteiger partial charge in [0.1, 0.15) is 0 Å². The first kappa shape index (κ1) is 25.6. The first-order valence-electron chi connectivity index (χ1n) is 9.69. The lowest BCUT2D eigenvalue weighted by molar-refractivity contribution is -0.144. The Labute approximate surface area is 149 Å². The highest BCUT2D eigenvalue weighted by Crippen LogP contribution is 2.05. The summed E-state index contributed by atoms with van der Waals surface area (Å²) in [6.07, 6.45) is 5.81. The second-order valence-corrected chi connectivity index (χ2v) is 6.21. The lowest BCUT2D eigenvalue weighted by Gasteiger charge is -2.22. The van der Waals surface area contributed by atoms with Gasteiger partial charge in [-0.3, -0.25) is 4.79 Å². The van der Waals surface area contributed by atoms with Crippen LogP contribution in [-0.2, 0) is 9.53 Å². The molecule has 0 aliphatic carbocycles. The summed E-state index contributed by atoms with van der Waals surface area (Å²) >= 11 is 0. The van der Waals surface area contributed by atoms with E-state index in [1.165, 1.54) is 0 Å². The minimum absolute atomic E-state index is 0.138. The Kier molecular flexibility index (Phi) is 21.7. The maximum Gasteiger partial charge on any atom is 0.307 e. The molecule has 0 unspecified atom stereocenters. The highest BCUT2D eigenvalue weighted by molar-refractivity contribution is 5.69. The molecule has 0 aliphatic rings. The maximum atomic E-state index is 11.7. The van der Waals surface area contributed by atoms with E-state index in [0.29, 0.717) is 18.9 Å². The molecule has 0 rings (SSSR count). The molecule has 5 nitrogen and oxygen atoms in total. The standard InChI is InChI=1S/C17H35NO4.C2H6/c1-16(2)8-11-18(10-4-6-14-20)12-9-17(21)22-15-7-3-5-13-19;1-2/h16,19-20H,3-15H2,1-2H3;1-2H3. The summed E-state index contributed by atoms with van der Waals surface area (Å²) in [5, 5.41) is 17.5. The monoisotopic (exact) mass is 347 g/mol. The molecule has 24 heavy (non-hydrogen) atoms. The van der Waals surface area contributed by atoms with Crippen molar-refractivity contribution < 1.29 is 19.7 Å². The normalized spacial score (nSPS) is 10.7.